The van der Waals surface area contributed by atoms with E-state index in [9.17, 15) is 13.2 Å². The number of amides is 1. The average Bonchev–Trinajstić information content (AvgIpc) is 3.06. The van der Waals surface area contributed by atoms with Gasteiger partial charge in [-0.2, -0.15) is 4.31 Å². The van der Waals surface area contributed by atoms with Crippen LogP contribution < -0.4 is 20.1 Å². The number of methoxy groups -OCH3 is 1. The molecular weight excluding hydrogens is 358 g/mol. The Morgan fingerprint density at radius 3 is 2.75 bits per heavy atom. The lowest BCUT2D eigenvalue weighted by Crippen LogP contribution is -2.38. The number of halogens is 1. The van der Waals surface area contributed by atoms with Crippen LogP contribution >= 0.6 is 12.4 Å². The molecule has 2 aliphatic heterocycles. The second-order valence-electron chi connectivity index (χ2n) is 5.50. The lowest BCUT2D eigenvalue weighted by atomic mass is 10.2. The number of hydrogen-bond acceptors (Lipinski definition) is 6. The number of sulfonamides is 1. The molecule has 0 aromatic heterocycles. The van der Waals surface area contributed by atoms with Crippen molar-refractivity contribution >= 4 is 34.0 Å². The fourth-order valence-electron chi connectivity index (χ4n) is 2.75. The van der Waals surface area contributed by atoms with Crippen LogP contribution in [0.1, 0.15) is 6.42 Å². The Hall–Kier alpha value is -1.55. The number of anilines is 1. The molecule has 1 amide bonds. The Morgan fingerprint density at radius 2 is 2.12 bits per heavy atom. The summed E-state index contributed by atoms with van der Waals surface area (Å²) < 4.78 is 37.7. The minimum Gasteiger partial charge on any atom is -0.495 e. The highest BCUT2D eigenvalue weighted by Crippen LogP contribution is 2.38. The molecule has 1 aromatic rings. The number of nitrogens with zero attached hydrogens (tertiary/aromatic N) is 1. The topological polar surface area (TPSA) is 97.0 Å². The molecule has 10 heteroatoms. The van der Waals surface area contributed by atoms with E-state index in [1.165, 1.54) is 23.5 Å². The molecule has 2 heterocycles. The van der Waals surface area contributed by atoms with Gasteiger partial charge in [-0.15, -0.1) is 12.4 Å². The molecule has 2 aliphatic rings. The maximum absolute atomic E-state index is 12.9. The highest BCUT2D eigenvalue weighted by atomic mass is 35.5. The maximum atomic E-state index is 12.9. The molecule has 0 radical (unpaired) electrons. The first-order valence-corrected chi connectivity index (χ1v) is 8.71. The Labute approximate surface area is 147 Å². The van der Waals surface area contributed by atoms with Gasteiger partial charge in [0.05, 0.1) is 12.8 Å². The highest BCUT2D eigenvalue weighted by molar-refractivity contribution is 7.89. The minimum absolute atomic E-state index is 0. The van der Waals surface area contributed by atoms with Gasteiger partial charge in [0, 0.05) is 31.8 Å². The number of ether oxygens (including phenoxy) is 2. The number of likely N-dealkylation sites (N-methyl/N-ethyl adjacent to an activating group) is 1. The van der Waals surface area contributed by atoms with Crippen molar-refractivity contribution in [3.63, 3.8) is 0 Å². The van der Waals surface area contributed by atoms with Crippen molar-refractivity contribution in [3.05, 3.63) is 12.1 Å². The Balaban J connectivity index is 0.00000208. The Bertz CT molecular complexity index is 734. The smallest absolute Gasteiger partial charge is 0.262 e. The predicted molar refractivity (Wildman–Crippen MR) is 90.6 cm³/mol. The van der Waals surface area contributed by atoms with E-state index in [4.69, 9.17) is 9.47 Å². The van der Waals surface area contributed by atoms with Gasteiger partial charge in [0.15, 0.2) is 6.61 Å². The highest BCUT2D eigenvalue weighted by Gasteiger charge is 2.33. The molecule has 1 unspecified atom stereocenters. The number of carbonyl (C=O) groups is 1. The summed E-state index contributed by atoms with van der Waals surface area (Å²) in [5, 5.41) is 5.79. The van der Waals surface area contributed by atoms with Crippen molar-refractivity contribution in [3.8, 4) is 11.5 Å². The molecule has 2 N–H and O–H groups in total. The van der Waals surface area contributed by atoms with E-state index in [2.05, 4.69) is 10.6 Å². The van der Waals surface area contributed by atoms with Gasteiger partial charge >= 0.3 is 0 Å². The third kappa shape index (κ3) is 3.30. The lowest BCUT2D eigenvalue weighted by molar-refractivity contribution is -0.118. The second-order valence-corrected chi connectivity index (χ2v) is 7.47. The minimum atomic E-state index is -3.74. The quantitative estimate of drug-likeness (QED) is 0.789. The van der Waals surface area contributed by atoms with E-state index in [0.717, 1.165) is 13.0 Å². The van der Waals surface area contributed by atoms with E-state index in [1.807, 2.05) is 0 Å². The lowest BCUT2D eigenvalue weighted by Gasteiger charge is -2.25. The molecule has 1 atom stereocenters. The van der Waals surface area contributed by atoms with Gasteiger partial charge in [0.1, 0.15) is 16.4 Å². The van der Waals surface area contributed by atoms with E-state index in [1.54, 1.807) is 7.05 Å². The van der Waals surface area contributed by atoms with E-state index in [-0.39, 0.29) is 41.6 Å². The van der Waals surface area contributed by atoms with Gasteiger partial charge in [-0.25, -0.2) is 8.42 Å². The van der Waals surface area contributed by atoms with Gasteiger partial charge in [0.25, 0.3) is 5.91 Å². The number of carbonyl (C=O) groups excluding carboxylic acids is 1. The van der Waals surface area contributed by atoms with Gasteiger partial charge in [-0.1, -0.05) is 0 Å². The van der Waals surface area contributed by atoms with Crippen molar-refractivity contribution in [1.82, 2.24) is 9.62 Å². The predicted octanol–water partition coefficient (Wildman–Crippen LogP) is 0.430. The molecule has 1 saturated heterocycles. The molecule has 134 valence electrons. The summed E-state index contributed by atoms with van der Waals surface area (Å²) in [6.07, 6.45) is 0.759. The van der Waals surface area contributed by atoms with E-state index >= 15 is 0 Å². The van der Waals surface area contributed by atoms with Crippen molar-refractivity contribution in [2.45, 2.75) is 17.4 Å². The normalized spacial score (nSPS) is 20.0. The van der Waals surface area contributed by atoms with Crippen molar-refractivity contribution in [2.75, 3.05) is 39.2 Å². The molecule has 3 rings (SSSR count). The van der Waals surface area contributed by atoms with Crippen LogP contribution in [0.5, 0.6) is 11.5 Å². The van der Waals surface area contributed by atoms with E-state index in [0.29, 0.717) is 18.0 Å². The monoisotopic (exact) mass is 377 g/mol. The summed E-state index contributed by atoms with van der Waals surface area (Å²) in [5.41, 5.74) is 0.405. The maximum Gasteiger partial charge on any atom is 0.262 e. The average molecular weight is 378 g/mol. The van der Waals surface area contributed by atoms with Crippen LogP contribution in [0.3, 0.4) is 0 Å². The first-order valence-electron chi connectivity index (χ1n) is 7.27. The first kappa shape index (κ1) is 18.8. The van der Waals surface area contributed by atoms with Crippen LogP contribution in [-0.2, 0) is 14.8 Å². The molecule has 0 bridgehead atoms. The van der Waals surface area contributed by atoms with Gasteiger partial charge in [-0.05, 0) is 13.0 Å². The third-order valence-corrected chi connectivity index (χ3v) is 6.04. The van der Waals surface area contributed by atoms with Crippen LogP contribution in [-0.4, -0.2) is 58.5 Å². The summed E-state index contributed by atoms with van der Waals surface area (Å²) in [7, 11) is -0.780. The van der Waals surface area contributed by atoms with Gasteiger partial charge in [-0.3, -0.25) is 4.79 Å². The molecule has 0 aliphatic carbocycles. The molecule has 1 fully saturated rings. The van der Waals surface area contributed by atoms with Crippen molar-refractivity contribution in [2.24, 2.45) is 0 Å². The Morgan fingerprint density at radius 1 is 1.38 bits per heavy atom. The summed E-state index contributed by atoms with van der Waals surface area (Å²) in [5.74, 6) is 0.207. The third-order valence-electron chi connectivity index (χ3n) is 4.10. The fraction of sp³-hybridized carbons (Fsp3) is 0.500. The molecule has 1 aromatic carbocycles. The largest absolute Gasteiger partial charge is 0.495 e. The number of hydrogen-bond donors (Lipinski definition) is 2. The van der Waals surface area contributed by atoms with Crippen molar-refractivity contribution in [1.29, 1.82) is 0 Å². The molecule has 0 spiro atoms. The van der Waals surface area contributed by atoms with Gasteiger partial charge < -0.3 is 20.1 Å². The second kappa shape index (κ2) is 7.14. The first-order chi connectivity index (χ1) is 10.9. The molecular formula is C14H20ClN3O5S. The standard InChI is InChI=1S/C14H19N3O5S.ClH/c1-17(9-3-4-15-7-9)23(19,20)13-6-11-10(5-12(13)21-2)16-14(18)8-22-11;/h5-6,9,15H,3-4,7-8H2,1-2H3,(H,16,18);1H. The number of fused-ring (bicyclic) bond motifs is 1. The van der Waals surface area contributed by atoms with Crippen LogP contribution in [0, 0.1) is 0 Å². The summed E-state index contributed by atoms with van der Waals surface area (Å²) >= 11 is 0. The zero-order chi connectivity index (χ0) is 16.6. The molecule has 24 heavy (non-hydrogen) atoms. The van der Waals surface area contributed by atoms with Crippen LogP contribution in [0.15, 0.2) is 17.0 Å². The summed E-state index contributed by atoms with van der Waals surface area (Å²) in [6, 6.07) is 2.78. The number of rotatable bonds is 4. The zero-order valence-electron chi connectivity index (χ0n) is 13.4. The van der Waals surface area contributed by atoms with Crippen molar-refractivity contribution < 1.29 is 22.7 Å². The number of nitrogens with one attached hydrogen (secondary N) is 2. The summed E-state index contributed by atoms with van der Waals surface area (Å²) in [4.78, 5) is 11.4. The molecule has 8 nitrogen and oxygen atoms in total. The SMILES string of the molecule is COc1cc2c(cc1S(=O)(=O)N(C)C1CCNC1)OCC(=O)N2.Cl. The number of benzene rings is 1. The van der Waals surface area contributed by atoms with E-state index < -0.39 is 10.0 Å². The zero-order valence-corrected chi connectivity index (χ0v) is 15.0. The fourth-order valence-corrected chi connectivity index (χ4v) is 4.29. The van der Waals surface area contributed by atoms with Crippen LogP contribution in [0.2, 0.25) is 0 Å². The van der Waals surface area contributed by atoms with Crippen LogP contribution in [0.25, 0.3) is 0 Å². The van der Waals surface area contributed by atoms with Gasteiger partial charge in [0.2, 0.25) is 10.0 Å². The molecule has 0 saturated carbocycles. The van der Waals surface area contributed by atoms with Crippen LogP contribution in [0.4, 0.5) is 5.69 Å². The summed E-state index contributed by atoms with van der Waals surface area (Å²) in [6.45, 7) is 1.28. The Kier molecular flexibility index (Phi) is 5.59.